The van der Waals surface area contributed by atoms with Gasteiger partial charge in [-0.25, -0.2) is 0 Å². The van der Waals surface area contributed by atoms with Crippen LogP contribution in [0.3, 0.4) is 0 Å². The van der Waals surface area contributed by atoms with Crippen LogP contribution in [0.25, 0.3) is 0 Å². The monoisotopic (exact) mass is 212 g/mol. The lowest BCUT2D eigenvalue weighted by Gasteiger charge is -2.09. The number of aryl methyl sites for hydroxylation is 1. The van der Waals surface area contributed by atoms with Gasteiger partial charge in [0.05, 0.1) is 10.7 Å². The van der Waals surface area contributed by atoms with Crippen molar-refractivity contribution in [2.75, 3.05) is 11.1 Å². The first-order valence-electron chi connectivity index (χ1n) is 4.40. The van der Waals surface area contributed by atoms with E-state index in [-0.39, 0.29) is 5.91 Å². The Morgan fingerprint density at radius 3 is 2.71 bits per heavy atom. The second-order valence-corrected chi connectivity index (χ2v) is 3.47. The highest BCUT2D eigenvalue weighted by atomic mass is 35.5. The van der Waals surface area contributed by atoms with Gasteiger partial charge in [-0.15, -0.1) is 0 Å². The second kappa shape index (κ2) is 4.33. The van der Waals surface area contributed by atoms with Crippen LogP contribution in [0.2, 0.25) is 5.02 Å². The smallest absolute Gasteiger partial charge is 0.221 e. The average Bonchev–Trinajstić information content (AvgIpc) is 2.10. The number of amides is 1. The number of hydrogen-bond acceptors (Lipinski definition) is 2. The molecule has 1 rings (SSSR count). The van der Waals surface area contributed by atoms with Gasteiger partial charge < -0.3 is 11.1 Å². The van der Waals surface area contributed by atoms with Crippen molar-refractivity contribution in [1.82, 2.24) is 0 Å². The summed E-state index contributed by atoms with van der Waals surface area (Å²) in [6, 6.07) is 3.49. The maximum Gasteiger partial charge on any atom is 0.221 e. The first-order valence-corrected chi connectivity index (χ1v) is 4.78. The third-order valence-corrected chi connectivity index (χ3v) is 2.23. The zero-order chi connectivity index (χ0) is 10.7. The van der Waals surface area contributed by atoms with E-state index in [2.05, 4.69) is 5.32 Å². The van der Waals surface area contributed by atoms with Crippen LogP contribution in [0.4, 0.5) is 11.4 Å². The number of nitrogens with one attached hydrogen (secondary N) is 1. The minimum absolute atomic E-state index is 0.118. The summed E-state index contributed by atoms with van der Waals surface area (Å²) < 4.78 is 0. The van der Waals surface area contributed by atoms with E-state index in [1.54, 1.807) is 6.07 Å². The highest BCUT2D eigenvalue weighted by Crippen LogP contribution is 2.27. The maximum absolute atomic E-state index is 10.8. The first-order chi connectivity index (χ1) is 6.54. The van der Waals surface area contributed by atoms with E-state index >= 15 is 0 Å². The Morgan fingerprint density at radius 1 is 1.57 bits per heavy atom. The number of anilines is 2. The highest BCUT2D eigenvalue weighted by molar-refractivity contribution is 6.33. The number of hydrogen-bond donors (Lipinski definition) is 2. The van der Waals surface area contributed by atoms with Crippen molar-refractivity contribution in [2.24, 2.45) is 0 Å². The molecule has 1 aromatic carbocycles. The molecule has 0 saturated heterocycles. The molecule has 3 nitrogen and oxygen atoms in total. The van der Waals surface area contributed by atoms with Crippen molar-refractivity contribution in [3.05, 3.63) is 22.7 Å². The minimum atomic E-state index is -0.118. The molecule has 0 radical (unpaired) electrons. The van der Waals surface area contributed by atoms with Crippen molar-refractivity contribution in [3.63, 3.8) is 0 Å². The lowest BCUT2D eigenvalue weighted by atomic mass is 10.1. The van der Waals surface area contributed by atoms with Crippen molar-refractivity contribution in [2.45, 2.75) is 20.3 Å². The van der Waals surface area contributed by atoms with E-state index in [4.69, 9.17) is 17.3 Å². The summed E-state index contributed by atoms with van der Waals surface area (Å²) in [5.41, 5.74) is 7.97. The average molecular weight is 213 g/mol. The second-order valence-electron chi connectivity index (χ2n) is 3.07. The topological polar surface area (TPSA) is 55.1 Å². The summed E-state index contributed by atoms with van der Waals surface area (Å²) in [7, 11) is 0. The number of halogens is 1. The Hall–Kier alpha value is -1.22. The van der Waals surface area contributed by atoms with Crippen LogP contribution in [-0.4, -0.2) is 5.91 Å². The Labute approximate surface area is 88.2 Å². The molecule has 0 heterocycles. The molecule has 4 heteroatoms. The number of benzene rings is 1. The molecule has 0 spiro atoms. The Morgan fingerprint density at radius 2 is 2.21 bits per heavy atom. The molecule has 76 valence electrons. The van der Waals surface area contributed by atoms with Gasteiger partial charge in [0.2, 0.25) is 5.91 Å². The Kier molecular flexibility index (Phi) is 3.36. The van der Waals surface area contributed by atoms with E-state index in [9.17, 15) is 4.79 Å². The fraction of sp³-hybridized carbons (Fsp3) is 0.300. The molecule has 0 fully saturated rings. The van der Waals surface area contributed by atoms with Gasteiger partial charge in [-0.2, -0.15) is 0 Å². The van der Waals surface area contributed by atoms with Crippen LogP contribution in [0, 0.1) is 0 Å². The largest absolute Gasteiger partial charge is 0.397 e. The van der Waals surface area contributed by atoms with Crippen molar-refractivity contribution < 1.29 is 4.79 Å². The predicted molar refractivity (Wildman–Crippen MR) is 59.5 cm³/mol. The van der Waals surface area contributed by atoms with Gasteiger partial charge in [0.15, 0.2) is 0 Å². The molecule has 0 bridgehead atoms. The van der Waals surface area contributed by atoms with E-state index < -0.39 is 0 Å². The Balaban J connectivity index is 3.09. The summed E-state index contributed by atoms with van der Waals surface area (Å²) >= 11 is 5.90. The van der Waals surface area contributed by atoms with Gasteiger partial charge >= 0.3 is 0 Å². The standard InChI is InChI=1S/C10H13ClN2O/c1-3-7-4-8(13-6(2)14)5-9(11)10(7)12/h4-5H,3,12H2,1-2H3,(H,13,14). The van der Waals surface area contributed by atoms with Gasteiger partial charge in [0.1, 0.15) is 0 Å². The van der Waals surface area contributed by atoms with Gasteiger partial charge in [-0.3, -0.25) is 4.79 Å². The van der Waals surface area contributed by atoms with E-state index in [1.165, 1.54) is 6.92 Å². The van der Waals surface area contributed by atoms with Crippen molar-refractivity contribution in [3.8, 4) is 0 Å². The molecule has 0 aliphatic carbocycles. The van der Waals surface area contributed by atoms with Crippen LogP contribution in [0.1, 0.15) is 19.4 Å². The molecule has 0 saturated carbocycles. The van der Waals surface area contributed by atoms with Crippen LogP contribution in [0.15, 0.2) is 12.1 Å². The Bertz CT molecular complexity index is 363. The lowest BCUT2D eigenvalue weighted by Crippen LogP contribution is -2.07. The molecular weight excluding hydrogens is 200 g/mol. The summed E-state index contributed by atoms with van der Waals surface area (Å²) in [5.74, 6) is -0.118. The van der Waals surface area contributed by atoms with Gasteiger partial charge in [0.25, 0.3) is 0 Å². The van der Waals surface area contributed by atoms with Crippen LogP contribution >= 0.6 is 11.6 Å². The molecule has 0 atom stereocenters. The summed E-state index contributed by atoms with van der Waals surface area (Å²) in [5, 5.41) is 3.15. The molecular formula is C10H13ClN2O. The number of carbonyl (C=O) groups is 1. The quantitative estimate of drug-likeness (QED) is 0.740. The fourth-order valence-corrected chi connectivity index (χ4v) is 1.48. The zero-order valence-corrected chi connectivity index (χ0v) is 8.98. The number of nitrogens with two attached hydrogens (primary N) is 1. The third-order valence-electron chi connectivity index (χ3n) is 1.92. The lowest BCUT2D eigenvalue weighted by molar-refractivity contribution is -0.114. The maximum atomic E-state index is 10.8. The molecule has 1 aromatic rings. The summed E-state index contributed by atoms with van der Waals surface area (Å²) in [6.07, 6.45) is 0.791. The summed E-state index contributed by atoms with van der Waals surface area (Å²) in [6.45, 7) is 3.44. The molecule has 3 N–H and O–H groups in total. The number of nitrogen functional groups attached to an aromatic ring is 1. The fourth-order valence-electron chi connectivity index (χ4n) is 1.24. The highest BCUT2D eigenvalue weighted by Gasteiger charge is 2.05. The molecule has 1 amide bonds. The van der Waals surface area contributed by atoms with E-state index in [0.717, 1.165) is 12.0 Å². The van der Waals surface area contributed by atoms with Crippen LogP contribution < -0.4 is 11.1 Å². The number of carbonyl (C=O) groups excluding carboxylic acids is 1. The van der Waals surface area contributed by atoms with Crippen LogP contribution in [0.5, 0.6) is 0 Å². The van der Waals surface area contributed by atoms with Gasteiger partial charge in [-0.05, 0) is 24.1 Å². The first kappa shape index (κ1) is 10.9. The van der Waals surface area contributed by atoms with E-state index in [1.807, 2.05) is 13.0 Å². The summed E-state index contributed by atoms with van der Waals surface area (Å²) in [4.78, 5) is 10.8. The van der Waals surface area contributed by atoms with Gasteiger partial charge in [0, 0.05) is 12.6 Å². The molecule has 0 aliphatic rings. The minimum Gasteiger partial charge on any atom is -0.397 e. The van der Waals surface area contributed by atoms with E-state index in [0.29, 0.717) is 16.4 Å². The number of rotatable bonds is 2. The normalized spacial score (nSPS) is 9.93. The predicted octanol–water partition coefficient (Wildman–Crippen LogP) is 2.44. The van der Waals surface area contributed by atoms with Crippen molar-refractivity contribution in [1.29, 1.82) is 0 Å². The molecule has 0 aliphatic heterocycles. The molecule has 0 aromatic heterocycles. The third kappa shape index (κ3) is 2.39. The zero-order valence-electron chi connectivity index (χ0n) is 8.23. The van der Waals surface area contributed by atoms with Crippen LogP contribution in [-0.2, 0) is 11.2 Å². The SMILES string of the molecule is CCc1cc(NC(C)=O)cc(Cl)c1N. The van der Waals surface area contributed by atoms with Crippen molar-refractivity contribution >= 4 is 28.9 Å². The van der Waals surface area contributed by atoms with Gasteiger partial charge in [-0.1, -0.05) is 18.5 Å². The molecule has 0 unspecified atom stereocenters. The molecule has 14 heavy (non-hydrogen) atoms.